The number of benzene rings is 1. The third-order valence-corrected chi connectivity index (χ3v) is 2.26. The second-order valence-corrected chi connectivity index (χ2v) is 3.58. The van der Waals surface area contributed by atoms with Crippen LogP contribution < -0.4 is 15.8 Å². The van der Waals surface area contributed by atoms with E-state index in [0.29, 0.717) is 5.76 Å². The van der Waals surface area contributed by atoms with Crippen LogP contribution >= 0.6 is 0 Å². The molecule has 0 aliphatic heterocycles. The van der Waals surface area contributed by atoms with Gasteiger partial charge in [0.1, 0.15) is 0 Å². The predicted molar refractivity (Wildman–Crippen MR) is 61.3 cm³/mol. The number of halogens is 3. The molecule has 2 rings (SSSR count). The number of nitrogens with one attached hydrogen (secondary N) is 1. The molecule has 102 valence electrons. The Bertz CT molecular complexity index is 546. The molecule has 5 nitrogen and oxygen atoms in total. The summed E-state index contributed by atoms with van der Waals surface area (Å²) in [6.07, 6.45) is 1.45. The normalized spacial score (nSPS) is 10.7. The van der Waals surface area contributed by atoms with Gasteiger partial charge in [-0.25, -0.2) is 4.39 Å². The van der Waals surface area contributed by atoms with Crippen molar-refractivity contribution in [2.75, 3.05) is 11.1 Å². The van der Waals surface area contributed by atoms with Crippen molar-refractivity contribution in [3.05, 3.63) is 36.0 Å². The Kier molecular flexibility index (Phi) is 3.79. The maximum absolute atomic E-state index is 13.3. The van der Waals surface area contributed by atoms with Gasteiger partial charge in [0.25, 0.3) is 0 Å². The van der Waals surface area contributed by atoms with Gasteiger partial charge in [0.05, 0.1) is 24.1 Å². The van der Waals surface area contributed by atoms with Gasteiger partial charge in [-0.05, 0) is 0 Å². The van der Waals surface area contributed by atoms with Crippen LogP contribution in [-0.2, 0) is 6.54 Å². The van der Waals surface area contributed by atoms with Gasteiger partial charge in [0.15, 0.2) is 17.3 Å². The molecule has 0 radical (unpaired) electrons. The Morgan fingerprint density at radius 1 is 1.42 bits per heavy atom. The summed E-state index contributed by atoms with van der Waals surface area (Å²) in [6.45, 7) is -2.88. The number of anilines is 2. The van der Waals surface area contributed by atoms with Crippen molar-refractivity contribution in [3.8, 4) is 5.75 Å². The van der Waals surface area contributed by atoms with Gasteiger partial charge in [0, 0.05) is 18.2 Å². The minimum absolute atomic E-state index is 0.0682. The van der Waals surface area contributed by atoms with E-state index in [4.69, 9.17) is 10.3 Å². The van der Waals surface area contributed by atoms with Gasteiger partial charge in [0.2, 0.25) is 0 Å². The Balaban J connectivity index is 2.15. The maximum atomic E-state index is 13.3. The lowest BCUT2D eigenvalue weighted by Gasteiger charge is -2.11. The SMILES string of the molecule is Nc1cc(F)c(OC(F)F)cc1NCc1ccno1. The highest BCUT2D eigenvalue weighted by molar-refractivity contribution is 5.68. The number of hydrogen-bond donors (Lipinski definition) is 2. The van der Waals surface area contributed by atoms with Gasteiger partial charge in [-0.1, -0.05) is 5.16 Å². The fraction of sp³-hybridized carbons (Fsp3) is 0.182. The number of nitrogens with zero attached hydrogens (tertiary/aromatic N) is 1. The number of ether oxygens (including phenoxy) is 1. The third kappa shape index (κ3) is 3.30. The summed E-state index contributed by atoms with van der Waals surface area (Å²) in [7, 11) is 0. The molecule has 2 aromatic rings. The van der Waals surface area contributed by atoms with Gasteiger partial charge >= 0.3 is 6.61 Å². The molecule has 0 unspecified atom stereocenters. The number of nitrogen functional groups attached to an aromatic ring is 1. The summed E-state index contributed by atoms with van der Waals surface area (Å²) < 4.78 is 46.3. The molecule has 0 spiro atoms. The van der Waals surface area contributed by atoms with Crippen molar-refractivity contribution in [1.29, 1.82) is 0 Å². The molecule has 1 heterocycles. The molecule has 0 fully saturated rings. The average Bonchev–Trinajstić information content (AvgIpc) is 2.83. The summed E-state index contributed by atoms with van der Waals surface area (Å²) >= 11 is 0. The third-order valence-electron chi connectivity index (χ3n) is 2.26. The molecule has 0 saturated heterocycles. The number of rotatable bonds is 5. The molecular weight excluding hydrogens is 263 g/mol. The van der Waals surface area contributed by atoms with E-state index in [0.717, 1.165) is 12.1 Å². The second-order valence-electron chi connectivity index (χ2n) is 3.58. The zero-order valence-electron chi connectivity index (χ0n) is 9.57. The Hall–Kier alpha value is -2.38. The van der Waals surface area contributed by atoms with Crippen molar-refractivity contribution in [3.63, 3.8) is 0 Å². The zero-order chi connectivity index (χ0) is 13.8. The largest absolute Gasteiger partial charge is 0.432 e. The Morgan fingerprint density at radius 3 is 2.84 bits per heavy atom. The lowest BCUT2D eigenvalue weighted by Crippen LogP contribution is -2.07. The number of nitrogens with two attached hydrogens (primary N) is 1. The first-order valence-electron chi connectivity index (χ1n) is 5.23. The summed E-state index contributed by atoms with van der Waals surface area (Å²) in [5.41, 5.74) is 5.89. The van der Waals surface area contributed by atoms with Crippen molar-refractivity contribution >= 4 is 11.4 Å². The first kappa shape index (κ1) is 13.1. The molecule has 3 N–H and O–H groups in total. The van der Waals surface area contributed by atoms with Gasteiger partial charge in [-0.2, -0.15) is 8.78 Å². The highest BCUT2D eigenvalue weighted by Crippen LogP contribution is 2.29. The van der Waals surface area contributed by atoms with E-state index in [1.165, 1.54) is 6.20 Å². The molecular formula is C11H10F3N3O2. The van der Waals surface area contributed by atoms with Crippen molar-refractivity contribution < 1.29 is 22.4 Å². The molecule has 0 aliphatic carbocycles. The molecule has 8 heteroatoms. The van der Waals surface area contributed by atoms with E-state index >= 15 is 0 Å². The molecule has 0 bridgehead atoms. The van der Waals surface area contributed by atoms with Crippen LogP contribution in [0.1, 0.15) is 5.76 Å². The van der Waals surface area contributed by atoms with Crippen LogP contribution in [0.15, 0.2) is 28.9 Å². The van der Waals surface area contributed by atoms with E-state index < -0.39 is 18.2 Å². The van der Waals surface area contributed by atoms with Crippen LogP contribution in [0.5, 0.6) is 5.75 Å². The van der Waals surface area contributed by atoms with E-state index in [1.54, 1.807) is 6.07 Å². The highest BCUT2D eigenvalue weighted by atomic mass is 19.3. The number of hydrogen-bond acceptors (Lipinski definition) is 5. The van der Waals surface area contributed by atoms with Crippen molar-refractivity contribution in [1.82, 2.24) is 5.16 Å². The number of aromatic nitrogens is 1. The Labute approximate surface area is 106 Å². The quantitative estimate of drug-likeness (QED) is 0.819. The van der Waals surface area contributed by atoms with E-state index in [2.05, 4.69) is 15.2 Å². The van der Waals surface area contributed by atoms with E-state index in [-0.39, 0.29) is 17.9 Å². The molecule has 0 aliphatic rings. The van der Waals surface area contributed by atoms with Gasteiger partial charge in [-0.3, -0.25) is 0 Å². The number of alkyl halides is 2. The lowest BCUT2D eigenvalue weighted by atomic mass is 10.2. The van der Waals surface area contributed by atoms with Crippen LogP contribution in [0.3, 0.4) is 0 Å². The van der Waals surface area contributed by atoms with Gasteiger partial charge < -0.3 is 20.3 Å². The second kappa shape index (κ2) is 5.51. The minimum Gasteiger partial charge on any atom is -0.432 e. The topological polar surface area (TPSA) is 73.3 Å². The fourth-order valence-corrected chi connectivity index (χ4v) is 1.42. The first-order valence-corrected chi connectivity index (χ1v) is 5.23. The van der Waals surface area contributed by atoms with Gasteiger partial charge in [-0.15, -0.1) is 0 Å². The minimum atomic E-state index is -3.11. The van der Waals surface area contributed by atoms with Crippen LogP contribution in [-0.4, -0.2) is 11.8 Å². The first-order chi connectivity index (χ1) is 9.06. The predicted octanol–water partition coefficient (Wildman–Crippen LogP) is 2.61. The lowest BCUT2D eigenvalue weighted by molar-refractivity contribution is -0.0521. The average molecular weight is 273 g/mol. The molecule has 1 aromatic carbocycles. The van der Waals surface area contributed by atoms with Crippen LogP contribution in [0, 0.1) is 5.82 Å². The van der Waals surface area contributed by atoms with Crippen LogP contribution in [0.25, 0.3) is 0 Å². The smallest absolute Gasteiger partial charge is 0.387 e. The summed E-state index contributed by atoms with van der Waals surface area (Å²) in [5.74, 6) is -1.02. The summed E-state index contributed by atoms with van der Waals surface area (Å²) in [4.78, 5) is 0. The monoisotopic (exact) mass is 273 g/mol. The highest BCUT2D eigenvalue weighted by Gasteiger charge is 2.13. The molecule has 0 atom stereocenters. The van der Waals surface area contributed by atoms with E-state index in [1.807, 2.05) is 0 Å². The van der Waals surface area contributed by atoms with Crippen molar-refractivity contribution in [2.24, 2.45) is 0 Å². The summed E-state index contributed by atoms with van der Waals surface area (Å²) in [6, 6.07) is 3.58. The molecule has 1 aromatic heterocycles. The fourth-order valence-electron chi connectivity index (χ4n) is 1.42. The molecule has 19 heavy (non-hydrogen) atoms. The maximum Gasteiger partial charge on any atom is 0.387 e. The molecule has 0 saturated carbocycles. The van der Waals surface area contributed by atoms with E-state index in [9.17, 15) is 13.2 Å². The van der Waals surface area contributed by atoms with Crippen LogP contribution in [0.2, 0.25) is 0 Å². The van der Waals surface area contributed by atoms with Crippen LogP contribution in [0.4, 0.5) is 24.5 Å². The zero-order valence-corrected chi connectivity index (χ0v) is 9.57. The molecule has 0 amide bonds. The standard InChI is InChI=1S/C11H10F3N3O2/c12-7-3-8(15)9(4-10(7)18-11(13)14)16-5-6-1-2-17-19-6/h1-4,11,16H,5,15H2. The summed E-state index contributed by atoms with van der Waals surface area (Å²) in [5, 5.41) is 6.30. The Morgan fingerprint density at radius 2 is 2.21 bits per heavy atom. The van der Waals surface area contributed by atoms with Crippen molar-refractivity contribution in [2.45, 2.75) is 13.2 Å².